The Labute approximate surface area is 229 Å². The lowest BCUT2D eigenvalue weighted by molar-refractivity contribution is 0.231. The summed E-state index contributed by atoms with van der Waals surface area (Å²) in [5.74, 6) is 1.50. The molecule has 202 valence electrons. The van der Waals surface area contributed by atoms with Crippen LogP contribution in [0.1, 0.15) is 18.4 Å². The summed E-state index contributed by atoms with van der Waals surface area (Å²) >= 11 is 1.59. The van der Waals surface area contributed by atoms with Gasteiger partial charge in [0.15, 0.2) is 5.16 Å². The van der Waals surface area contributed by atoms with E-state index in [0.717, 1.165) is 66.3 Å². The van der Waals surface area contributed by atoms with E-state index in [1.165, 1.54) is 12.1 Å². The summed E-state index contributed by atoms with van der Waals surface area (Å²) in [7, 11) is 0. The predicted molar refractivity (Wildman–Crippen MR) is 155 cm³/mol. The molecular weight excluding hydrogens is 515 g/mol. The maximum Gasteiger partial charge on any atom is 0.259 e. The molecule has 0 saturated carbocycles. The number of anilines is 1. The van der Waals surface area contributed by atoms with Crippen LogP contribution >= 0.6 is 11.8 Å². The highest BCUT2D eigenvalue weighted by atomic mass is 32.2. The Balaban J connectivity index is 0.00000308. The van der Waals surface area contributed by atoms with Crippen LogP contribution in [0.3, 0.4) is 0 Å². The van der Waals surface area contributed by atoms with E-state index in [-0.39, 0.29) is 16.9 Å². The van der Waals surface area contributed by atoms with Crippen molar-refractivity contribution in [3.63, 3.8) is 0 Å². The van der Waals surface area contributed by atoms with Gasteiger partial charge in [-0.25, -0.2) is 14.4 Å². The van der Waals surface area contributed by atoms with Gasteiger partial charge in [0.2, 0.25) is 5.95 Å². The van der Waals surface area contributed by atoms with Crippen LogP contribution in [-0.4, -0.2) is 61.3 Å². The Hall–Kier alpha value is -3.73. The zero-order valence-corrected chi connectivity index (χ0v) is 22.3. The number of imidazole rings is 1. The lowest BCUT2D eigenvalue weighted by Crippen LogP contribution is -2.40. The summed E-state index contributed by atoms with van der Waals surface area (Å²) in [6.45, 7) is 3.57. The van der Waals surface area contributed by atoms with Crippen LogP contribution in [0.5, 0.6) is 0 Å². The number of likely N-dealkylation sites (tertiary alicyclic amines) is 1. The second kappa shape index (κ2) is 12.0. The summed E-state index contributed by atoms with van der Waals surface area (Å²) in [6, 6.07) is 22.6. The predicted octanol–water partition coefficient (Wildman–Crippen LogP) is 4.30. The van der Waals surface area contributed by atoms with Gasteiger partial charge < -0.3 is 25.2 Å². The number of H-pyrrole nitrogens is 1. The molecule has 10 heteroatoms. The number of hydrogen-bond donors (Lipinski definition) is 2. The van der Waals surface area contributed by atoms with Gasteiger partial charge in [-0.3, -0.25) is 4.79 Å². The molecular formula is C29H31FN6O2S. The fourth-order valence-corrected chi connectivity index (χ4v) is 5.88. The molecule has 0 bridgehead atoms. The Kier molecular flexibility index (Phi) is 8.25. The minimum absolute atomic E-state index is 0. The molecule has 0 unspecified atom stereocenters. The Morgan fingerprint density at radius 2 is 1.67 bits per heavy atom. The number of fused-ring (bicyclic) bond motifs is 2. The first-order valence-corrected chi connectivity index (χ1v) is 13.9. The highest BCUT2D eigenvalue weighted by molar-refractivity contribution is 7.99. The van der Waals surface area contributed by atoms with E-state index in [0.29, 0.717) is 23.1 Å². The quantitative estimate of drug-likeness (QED) is 0.222. The van der Waals surface area contributed by atoms with Gasteiger partial charge in [-0.15, -0.1) is 0 Å². The average Bonchev–Trinajstić information content (AvgIpc) is 3.27. The number of rotatable bonds is 8. The number of nitrogens with zero attached hydrogens (tertiary/aromatic N) is 4. The highest BCUT2D eigenvalue weighted by Crippen LogP contribution is 2.24. The molecule has 5 aromatic rings. The number of aromatic nitrogens is 4. The van der Waals surface area contributed by atoms with E-state index in [1.54, 1.807) is 17.8 Å². The van der Waals surface area contributed by atoms with Gasteiger partial charge in [0.05, 0.1) is 28.5 Å². The van der Waals surface area contributed by atoms with Crippen molar-refractivity contribution in [2.24, 2.45) is 0 Å². The molecule has 3 aromatic carbocycles. The number of nitrogens with one attached hydrogen (secondary N) is 2. The van der Waals surface area contributed by atoms with Crippen LogP contribution in [0, 0.1) is 5.82 Å². The van der Waals surface area contributed by atoms with E-state index in [2.05, 4.69) is 30.8 Å². The molecule has 39 heavy (non-hydrogen) atoms. The first kappa shape index (κ1) is 26.9. The number of thioether (sulfide) groups is 1. The van der Waals surface area contributed by atoms with Crippen molar-refractivity contribution in [1.29, 1.82) is 0 Å². The van der Waals surface area contributed by atoms with E-state index >= 15 is 0 Å². The van der Waals surface area contributed by atoms with Crippen molar-refractivity contribution in [3.05, 3.63) is 94.5 Å². The standard InChI is InChI=1S/C29H29FN6OS.H2O/c30-21-11-9-20(10-12-21)19-36-26-8-4-3-7-25(26)32-28(36)31-22-13-15-35(16-14-22)17-18-38-29-33-24-6-2-1-5-23(24)27(37)34-29;/h1-12,22H,13-19H2,(H,31,32)(H,33,34,37);1H2. The number of benzene rings is 3. The lowest BCUT2D eigenvalue weighted by atomic mass is 10.1. The second-order valence-electron chi connectivity index (χ2n) is 9.63. The molecule has 1 saturated heterocycles. The Morgan fingerprint density at radius 3 is 2.46 bits per heavy atom. The van der Waals surface area contributed by atoms with Crippen molar-refractivity contribution < 1.29 is 9.87 Å². The molecule has 4 N–H and O–H groups in total. The fourth-order valence-electron chi connectivity index (χ4n) is 5.01. The molecule has 1 aliphatic heterocycles. The first-order valence-electron chi connectivity index (χ1n) is 12.9. The molecule has 0 radical (unpaired) electrons. The Bertz CT molecular complexity index is 1610. The normalized spacial score (nSPS) is 14.5. The third-order valence-corrected chi connectivity index (χ3v) is 7.92. The van der Waals surface area contributed by atoms with Crippen molar-refractivity contribution >= 4 is 39.6 Å². The molecule has 1 fully saturated rings. The number of piperidine rings is 1. The van der Waals surface area contributed by atoms with Gasteiger partial charge in [0.1, 0.15) is 5.82 Å². The van der Waals surface area contributed by atoms with E-state index in [4.69, 9.17) is 4.98 Å². The Morgan fingerprint density at radius 1 is 0.949 bits per heavy atom. The zero-order chi connectivity index (χ0) is 25.9. The summed E-state index contributed by atoms with van der Waals surface area (Å²) in [6.07, 6.45) is 2.05. The van der Waals surface area contributed by atoms with Crippen molar-refractivity contribution in [3.8, 4) is 0 Å². The number of halogens is 1. The fraction of sp³-hybridized carbons (Fsp3) is 0.276. The summed E-state index contributed by atoms with van der Waals surface area (Å²) < 4.78 is 15.6. The average molecular weight is 547 g/mol. The zero-order valence-electron chi connectivity index (χ0n) is 21.4. The molecule has 6 rings (SSSR count). The van der Waals surface area contributed by atoms with Gasteiger partial charge in [-0.2, -0.15) is 0 Å². The molecule has 0 atom stereocenters. The second-order valence-corrected chi connectivity index (χ2v) is 10.7. The molecule has 1 aliphatic rings. The molecule has 0 amide bonds. The lowest BCUT2D eigenvalue weighted by Gasteiger charge is -2.32. The van der Waals surface area contributed by atoms with Gasteiger partial charge in [-0.1, -0.05) is 48.2 Å². The number of aromatic amines is 1. The maximum atomic E-state index is 13.4. The smallest absolute Gasteiger partial charge is 0.259 e. The number of para-hydroxylation sites is 3. The van der Waals surface area contributed by atoms with E-state index in [1.807, 2.05) is 48.5 Å². The third kappa shape index (κ3) is 6.13. The van der Waals surface area contributed by atoms with Gasteiger partial charge in [0.25, 0.3) is 5.56 Å². The van der Waals surface area contributed by atoms with Gasteiger partial charge in [-0.05, 0) is 54.8 Å². The molecule has 3 heterocycles. The molecule has 0 spiro atoms. The van der Waals surface area contributed by atoms with Crippen LogP contribution in [-0.2, 0) is 6.54 Å². The van der Waals surface area contributed by atoms with E-state index < -0.39 is 0 Å². The minimum atomic E-state index is -0.227. The monoisotopic (exact) mass is 546 g/mol. The molecule has 0 aliphatic carbocycles. The van der Waals surface area contributed by atoms with Crippen LogP contribution in [0.15, 0.2) is 82.7 Å². The SMILES string of the molecule is O.O=c1[nH]c(SCCN2CCC(Nc3nc4ccccc4n3Cc3ccc(F)cc3)CC2)nc2ccccc12. The van der Waals surface area contributed by atoms with Gasteiger partial charge in [0, 0.05) is 31.4 Å². The van der Waals surface area contributed by atoms with Crippen LogP contribution < -0.4 is 10.9 Å². The summed E-state index contributed by atoms with van der Waals surface area (Å²) in [5, 5.41) is 4.99. The van der Waals surface area contributed by atoms with E-state index in [9.17, 15) is 9.18 Å². The summed E-state index contributed by atoms with van der Waals surface area (Å²) in [5.41, 5.74) is 3.69. The maximum absolute atomic E-state index is 13.4. The van der Waals surface area contributed by atoms with Crippen LogP contribution in [0.2, 0.25) is 0 Å². The van der Waals surface area contributed by atoms with Crippen molar-refractivity contribution in [1.82, 2.24) is 24.4 Å². The first-order chi connectivity index (χ1) is 18.6. The minimum Gasteiger partial charge on any atom is -0.412 e. The highest BCUT2D eigenvalue weighted by Gasteiger charge is 2.21. The third-order valence-electron chi connectivity index (χ3n) is 7.07. The van der Waals surface area contributed by atoms with Gasteiger partial charge >= 0.3 is 0 Å². The largest absolute Gasteiger partial charge is 0.412 e. The van der Waals surface area contributed by atoms with Crippen molar-refractivity contribution in [2.45, 2.75) is 30.6 Å². The topological polar surface area (TPSA) is 110 Å². The molecule has 8 nitrogen and oxygen atoms in total. The van der Waals surface area contributed by atoms with Crippen molar-refractivity contribution in [2.75, 3.05) is 30.7 Å². The summed E-state index contributed by atoms with van der Waals surface area (Å²) in [4.78, 5) is 27.1. The van der Waals surface area contributed by atoms with Crippen LogP contribution in [0.4, 0.5) is 10.3 Å². The molecule has 2 aromatic heterocycles. The van der Waals surface area contributed by atoms with Crippen LogP contribution in [0.25, 0.3) is 21.9 Å². The number of hydrogen-bond acceptors (Lipinski definition) is 6.